The highest BCUT2D eigenvalue weighted by Crippen LogP contribution is 2.28. The first kappa shape index (κ1) is 15.6. The first-order valence-electron chi connectivity index (χ1n) is 6.99. The average molecular weight is 345 g/mol. The van der Waals surface area contributed by atoms with E-state index in [0.29, 0.717) is 21.8 Å². The molecule has 0 amide bonds. The number of aromatic nitrogens is 2. The highest BCUT2D eigenvalue weighted by atomic mass is 35.5. The maximum Gasteiger partial charge on any atom is 0.229 e. The number of aryl methyl sites for hydroxylation is 1. The van der Waals surface area contributed by atoms with Gasteiger partial charge in [0.2, 0.25) is 5.95 Å². The van der Waals surface area contributed by atoms with Crippen LogP contribution in [0.4, 0.5) is 23.1 Å². The number of hydrogen-bond acceptors (Lipinski definition) is 4. The molecule has 2 aromatic carbocycles. The number of nitrogens with zero attached hydrogens (tertiary/aromatic N) is 2. The summed E-state index contributed by atoms with van der Waals surface area (Å²) in [5, 5.41) is 7.48. The predicted molar refractivity (Wildman–Crippen MR) is 96.2 cm³/mol. The Morgan fingerprint density at radius 2 is 1.74 bits per heavy atom. The molecule has 1 aromatic heterocycles. The maximum absolute atomic E-state index is 6.16. The summed E-state index contributed by atoms with van der Waals surface area (Å²) in [6, 6.07) is 15.0. The summed E-state index contributed by atoms with van der Waals surface area (Å²) in [6.07, 6.45) is 1.68. The van der Waals surface area contributed by atoms with E-state index in [0.717, 1.165) is 16.9 Å². The monoisotopic (exact) mass is 344 g/mol. The number of benzene rings is 2. The van der Waals surface area contributed by atoms with Gasteiger partial charge >= 0.3 is 0 Å². The Kier molecular flexibility index (Phi) is 4.65. The Hall–Kier alpha value is -2.30. The molecule has 0 radical (unpaired) electrons. The summed E-state index contributed by atoms with van der Waals surface area (Å²) in [5.41, 5.74) is 2.82. The fourth-order valence-electron chi connectivity index (χ4n) is 2.05. The van der Waals surface area contributed by atoms with Crippen LogP contribution in [0.15, 0.2) is 54.7 Å². The number of anilines is 4. The third-order valence-electron chi connectivity index (χ3n) is 3.24. The summed E-state index contributed by atoms with van der Waals surface area (Å²) in [7, 11) is 0. The molecule has 6 heteroatoms. The highest BCUT2D eigenvalue weighted by Gasteiger charge is 2.05. The van der Waals surface area contributed by atoms with Crippen LogP contribution in [0.2, 0.25) is 10.0 Å². The van der Waals surface area contributed by atoms with E-state index in [1.54, 1.807) is 30.5 Å². The van der Waals surface area contributed by atoms with Crippen LogP contribution in [0.25, 0.3) is 0 Å². The lowest BCUT2D eigenvalue weighted by Gasteiger charge is -2.11. The van der Waals surface area contributed by atoms with Crippen LogP contribution in [-0.4, -0.2) is 9.97 Å². The molecule has 1 heterocycles. The van der Waals surface area contributed by atoms with Crippen molar-refractivity contribution < 1.29 is 0 Å². The molecule has 3 aromatic rings. The molecule has 4 nitrogen and oxygen atoms in total. The second-order valence-corrected chi connectivity index (χ2v) is 5.80. The molecule has 0 fully saturated rings. The van der Waals surface area contributed by atoms with Gasteiger partial charge in [-0.15, -0.1) is 0 Å². The van der Waals surface area contributed by atoms with Gasteiger partial charge in [-0.25, -0.2) is 4.98 Å². The minimum atomic E-state index is 0.509. The molecule has 0 saturated heterocycles. The third kappa shape index (κ3) is 3.92. The zero-order valence-corrected chi connectivity index (χ0v) is 13.9. The van der Waals surface area contributed by atoms with Gasteiger partial charge in [-0.1, -0.05) is 41.4 Å². The average Bonchev–Trinajstić information content (AvgIpc) is 2.53. The summed E-state index contributed by atoms with van der Waals surface area (Å²) in [4.78, 5) is 8.68. The van der Waals surface area contributed by atoms with Crippen LogP contribution in [0.3, 0.4) is 0 Å². The number of hydrogen-bond donors (Lipinski definition) is 2. The molecule has 0 aliphatic carbocycles. The molecule has 0 bridgehead atoms. The zero-order valence-electron chi connectivity index (χ0n) is 12.3. The minimum absolute atomic E-state index is 0.509. The summed E-state index contributed by atoms with van der Waals surface area (Å²) in [5.74, 6) is 1.15. The molecular weight excluding hydrogens is 331 g/mol. The summed E-state index contributed by atoms with van der Waals surface area (Å²) < 4.78 is 0. The van der Waals surface area contributed by atoms with Gasteiger partial charge in [0.25, 0.3) is 0 Å². The molecule has 2 N–H and O–H groups in total. The molecule has 0 aliphatic rings. The predicted octanol–water partition coefficient (Wildman–Crippen LogP) is 5.58. The standard InChI is InChI=1S/C17H14Cl2N4/c1-11-4-2-3-5-14(11)22-17-20-9-8-16(23-17)21-15-7-6-12(18)10-13(15)19/h2-10H,1H3,(H2,20,21,22,23). The van der Waals surface area contributed by atoms with Gasteiger partial charge in [0.1, 0.15) is 5.82 Å². The van der Waals surface area contributed by atoms with Gasteiger partial charge in [-0.05, 0) is 42.8 Å². The summed E-state index contributed by atoms with van der Waals surface area (Å²) in [6.45, 7) is 2.03. The smallest absolute Gasteiger partial charge is 0.229 e. The van der Waals surface area contributed by atoms with Crippen LogP contribution in [0.5, 0.6) is 0 Å². The van der Waals surface area contributed by atoms with Crippen molar-refractivity contribution in [3.8, 4) is 0 Å². The summed E-state index contributed by atoms with van der Waals surface area (Å²) >= 11 is 12.1. The van der Waals surface area contributed by atoms with Crippen LogP contribution in [0, 0.1) is 6.92 Å². The lowest BCUT2D eigenvalue weighted by molar-refractivity contribution is 1.16. The van der Waals surface area contributed by atoms with Gasteiger partial charge in [-0.3, -0.25) is 0 Å². The van der Waals surface area contributed by atoms with Gasteiger partial charge in [0.05, 0.1) is 10.7 Å². The van der Waals surface area contributed by atoms with Crippen LogP contribution < -0.4 is 10.6 Å². The van der Waals surface area contributed by atoms with Crippen molar-refractivity contribution in [3.05, 3.63) is 70.3 Å². The van der Waals surface area contributed by atoms with Crippen molar-refractivity contribution in [2.45, 2.75) is 6.92 Å². The molecule has 0 unspecified atom stereocenters. The Morgan fingerprint density at radius 1 is 0.913 bits per heavy atom. The molecule has 0 atom stereocenters. The third-order valence-corrected chi connectivity index (χ3v) is 3.79. The van der Waals surface area contributed by atoms with Crippen molar-refractivity contribution in [1.82, 2.24) is 9.97 Å². The number of para-hydroxylation sites is 1. The van der Waals surface area contributed by atoms with Crippen LogP contribution >= 0.6 is 23.2 Å². The van der Waals surface area contributed by atoms with E-state index in [4.69, 9.17) is 23.2 Å². The second-order valence-electron chi connectivity index (χ2n) is 4.95. The van der Waals surface area contributed by atoms with E-state index in [1.165, 1.54) is 0 Å². The van der Waals surface area contributed by atoms with Crippen LogP contribution in [0.1, 0.15) is 5.56 Å². The Labute approximate surface area is 144 Å². The first-order chi connectivity index (χ1) is 11.1. The normalized spacial score (nSPS) is 10.4. The van der Waals surface area contributed by atoms with Gasteiger partial charge in [0, 0.05) is 16.9 Å². The van der Waals surface area contributed by atoms with Crippen LogP contribution in [-0.2, 0) is 0 Å². The molecule has 23 heavy (non-hydrogen) atoms. The van der Waals surface area contributed by atoms with Crippen molar-refractivity contribution in [1.29, 1.82) is 0 Å². The number of rotatable bonds is 4. The second kappa shape index (κ2) is 6.86. The maximum atomic E-state index is 6.16. The Bertz CT molecular complexity index is 836. The van der Waals surface area contributed by atoms with Crippen molar-refractivity contribution in [2.75, 3.05) is 10.6 Å². The van der Waals surface area contributed by atoms with E-state index in [9.17, 15) is 0 Å². The SMILES string of the molecule is Cc1ccccc1Nc1nccc(Nc2ccc(Cl)cc2Cl)n1. The zero-order chi connectivity index (χ0) is 16.2. The molecule has 3 rings (SSSR count). The van der Waals surface area contributed by atoms with E-state index in [1.807, 2.05) is 31.2 Å². The molecule has 0 spiro atoms. The largest absolute Gasteiger partial charge is 0.339 e. The van der Waals surface area contributed by atoms with Crippen molar-refractivity contribution >= 4 is 46.3 Å². The fourth-order valence-corrected chi connectivity index (χ4v) is 2.51. The van der Waals surface area contributed by atoms with Crippen molar-refractivity contribution in [2.24, 2.45) is 0 Å². The highest BCUT2D eigenvalue weighted by molar-refractivity contribution is 6.36. The van der Waals surface area contributed by atoms with Gasteiger partial charge in [-0.2, -0.15) is 4.98 Å². The van der Waals surface area contributed by atoms with E-state index in [-0.39, 0.29) is 0 Å². The molecule has 0 aliphatic heterocycles. The van der Waals surface area contributed by atoms with E-state index >= 15 is 0 Å². The quantitative estimate of drug-likeness (QED) is 0.648. The topological polar surface area (TPSA) is 49.8 Å². The minimum Gasteiger partial charge on any atom is -0.339 e. The molecule has 116 valence electrons. The Morgan fingerprint density at radius 3 is 2.52 bits per heavy atom. The van der Waals surface area contributed by atoms with E-state index < -0.39 is 0 Å². The van der Waals surface area contributed by atoms with Crippen molar-refractivity contribution in [3.63, 3.8) is 0 Å². The first-order valence-corrected chi connectivity index (χ1v) is 7.75. The van der Waals surface area contributed by atoms with Gasteiger partial charge in [0.15, 0.2) is 0 Å². The lowest BCUT2D eigenvalue weighted by Crippen LogP contribution is -2.01. The number of halogens is 2. The molecule has 0 saturated carbocycles. The fraction of sp³-hybridized carbons (Fsp3) is 0.0588. The Balaban J connectivity index is 1.81. The lowest BCUT2D eigenvalue weighted by atomic mass is 10.2. The van der Waals surface area contributed by atoms with E-state index in [2.05, 4.69) is 20.6 Å². The number of nitrogens with one attached hydrogen (secondary N) is 2. The van der Waals surface area contributed by atoms with Gasteiger partial charge < -0.3 is 10.6 Å². The molecular formula is C17H14Cl2N4.